The Kier molecular flexibility index (Phi) is 13.2. The van der Waals surface area contributed by atoms with Gasteiger partial charge in [-0.1, -0.05) is 65.7 Å². The number of carbonyl (C=O) groups excluding carboxylic acids is 2. The van der Waals surface area contributed by atoms with Crippen molar-refractivity contribution in [2.24, 2.45) is 0 Å². The van der Waals surface area contributed by atoms with Crippen LogP contribution in [0.2, 0.25) is 10.0 Å². The van der Waals surface area contributed by atoms with Crippen LogP contribution in [0.15, 0.2) is 91.1 Å². The standard InChI is InChI=1S/C46H46Cl2N4O5.CH2O2/c1-28-29(2)49-20-16-37(28)32-8-5-30(6-9-32)15-19-50-44(53)40-22-34-23-41-42(24-35(34)25-52(40)45(54)51-46(3)17-4-18-46)57-43(27-56-41)33-10-12-36(13-11-33)55-26-31-7-14-38(47)39(48)21-31;2-1-3/h5-14,16,20-21,23-24,40,43H,4,15,17-19,22,25-27H2,1-3H3,(H,50,53)(H,51,54);1H,(H,2,3). The molecule has 1 saturated carbocycles. The highest BCUT2D eigenvalue weighted by Crippen LogP contribution is 2.41. The van der Waals surface area contributed by atoms with Gasteiger partial charge in [-0.15, -0.1) is 0 Å². The van der Waals surface area contributed by atoms with Crippen molar-refractivity contribution in [2.45, 2.75) is 83.7 Å². The highest BCUT2D eigenvalue weighted by molar-refractivity contribution is 6.42. The number of fused-ring (bicyclic) bond motifs is 2. The molecule has 3 heterocycles. The second kappa shape index (κ2) is 18.6. The van der Waals surface area contributed by atoms with Gasteiger partial charge < -0.3 is 34.9 Å². The number of nitrogens with one attached hydrogen (secondary N) is 2. The number of aryl methyl sites for hydroxylation is 1. The van der Waals surface area contributed by atoms with Crippen LogP contribution in [0.5, 0.6) is 17.2 Å². The summed E-state index contributed by atoms with van der Waals surface area (Å²) in [7, 11) is 0. The van der Waals surface area contributed by atoms with Gasteiger partial charge in [-0.3, -0.25) is 14.6 Å². The Morgan fingerprint density at radius 1 is 0.950 bits per heavy atom. The van der Waals surface area contributed by atoms with Crippen LogP contribution in [0.3, 0.4) is 0 Å². The van der Waals surface area contributed by atoms with Crippen LogP contribution in [0.4, 0.5) is 4.79 Å². The quantitative estimate of drug-likeness (QED) is 0.118. The molecule has 1 aromatic heterocycles. The molecule has 13 heteroatoms. The number of nitrogens with zero attached hydrogens (tertiary/aromatic N) is 2. The van der Waals surface area contributed by atoms with Crippen molar-refractivity contribution in [1.29, 1.82) is 0 Å². The van der Waals surface area contributed by atoms with E-state index in [1.54, 1.807) is 17.0 Å². The van der Waals surface area contributed by atoms with Crippen LogP contribution in [0, 0.1) is 13.8 Å². The van der Waals surface area contributed by atoms with Crippen LogP contribution in [0.25, 0.3) is 11.1 Å². The Morgan fingerprint density at radius 3 is 2.37 bits per heavy atom. The van der Waals surface area contributed by atoms with Crippen molar-refractivity contribution in [1.82, 2.24) is 20.5 Å². The van der Waals surface area contributed by atoms with Gasteiger partial charge >= 0.3 is 6.03 Å². The van der Waals surface area contributed by atoms with Crippen LogP contribution in [-0.4, -0.2) is 58.1 Å². The van der Waals surface area contributed by atoms with Crippen LogP contribution in [-0.2, 0) is 35.6 Å². The van der Waals surface area contributed by atoms with Crippen LogP contribution >= 0.6 is 23.2 Å². The van der Waals surface area contributed by atoms with Gasteiger partial charge in [0.15, 0.2) is 17.6 Å². The molecule has 4 aromatic carbocycles. The number of aromatic nitrogens is 1. The van der Waals surface area contributed by atoms with Crippen molar-refractivity contribution in [3.8, 4) is 28.4 Å². The molecule has 3 amide bonds. The zero-order valence-electron chi connectivity index (χ0n) is 33.8. The Bertz CT molecular complexity index is 2350. The minimum atomic E-state index is -0.672. The first-order valence-electron chi connectivity index (χ1n) is 20.0. The number of pyridine rings is 1. The fourth-order valence-electron chi connectivity index (χ4n) is 7.75. The summed E-state index contributed by atoms with van der Waals surface area (Å²) in [6.07, 6.45) is 5.46. The van der Waals surface area contributed by atoms with E-state index < -0.39 is 6.04 Å². The van der Waals surface area contributed by atoms with Crippen molar-refractivity contribution in [3.05, 3.63) is 140 Å². The average molecular weight is 852 g/mol. The molecule has 3 aliphatic rings. The van der Waals surface area contributed by atoms with E-state index in [0.717, 1.165) is 58.3 Å². The molecular formula is C47H48Cl2N4O7. The van der Waals surface area contributed by atoms with Crippen LogP contribution in [0.1, 0.15) is 71.4 Å². The lowest BCUT2D eigenvalue weighted by Gasteiger charge is -2.43. The smallest absolute Gasteiger partial charge is 0.318 e. The average Bonchev–Trinajstić information content (AvgIpc) is 3.24. The van der Waals surface area contributed by atoms with E-state index in [1.165, 1.54) is 11.1 Å². The number of hydrogen-bond acceptors (Lipinski definition) is 7. The van der Waals surface area contributed by atoms with Gasteiger partial charge in [0, 0.05) is 36.9 Å². The third-order valence-corrected chi connectivity index (χ3v) is 12.3. The van der Waals surface area contributed by atoms with Gasteiger partial charge in [0.25, 0.3) is 6.47 Å². The number of ether oxygens (including phenoxy) is 3. The first kappa shape index (κ1) is 42.3. The van der Waals surface area contributed by atoms with Crippen molar-refractivity contribution in [3.63, 3.8) is 0 Å². The van der Waals surface area contributed by atoms with Crippen molar-refractivity contribution >= 4 is 41.6 Å². The van der Waals surface area contributed by atoms with Crippen molar-refractivity contribution in [2.75, 3.05) is 13.2 Å². The number of carboxylic acid groups (broad SMARTS) is 1. The molecule has 11 nitrogen and oxygen atoms in total. The summed E-state index contributed by atoms with van der Waals surface area (Å²) in [5.74, 6) is 1.78. The predicted octanol–water partition coefficient (Wildman–Crippen LogP) is 9.20. The summed E-state index contributed by atoms with van der Waals surface area (Å²) in [4.78, 5) is 42.2. The molecular weight excluding hydrogens is 803 g/mol. The molecule has 0 spiro atoms. The Balaban J connectivity index is 0.00000176. The zero-order valence-corrected chi connectivity index (χ0v) is 35.3. The molecule has 2 atom stereocenters. The van der Waals surface area contributed by atoms with E-state index in [2.05, 4.69) is 53.7 Å². The summed E-state index contributed by atoms with van der Waals surface area (Å²) in [6, 6.07) is 26.7. The lowest BCUT2D eigenvalue weighted by Crippen LogP contribution is -2.60. The molecule has 60 heavy (non-hydrogen) atoms. The van der Waals surface area contributed by atoms with Gasteiger partial charge in [-0.25, -0.2) is 4.79 Å². The number of benzene rings is 4. The normalized spacial score (nSPS) is 17.2. The van der Waals surface area contributed by atoms with E-state index >= 15 is 0 Å². The third kappa shape index (κ3) is 9.80. The largest absolute Gasteiger partial charge is 0.489 e. The third-order valence-electron chi connectivity index (χ3n) is 11.6. The number of rotatable bonds is 10. The Hall–Kier alpha value is -5.78. The Labute approximate surface area is 360 Å². The van der Waals surface area contributed by atoms with Crippen molar-refractivity contribution < 1.29 is 33.7 Å². The molecule has 0 radical (unpaired) electrons. The lowest BCUT2D eigenvalue weighted by molar-refractivity contribution is -0.126. The Morgan fingerprint density at radius 2 is 1.67 bits per heavy atom. The van der Waals surface area contributed by atoms with E-state index in [0.29, 0.717) is 59.9 Å². The fourth-order valence-corrected chi connectivity index (χ4v) is 8.07. The first-order chi connectivity index (χ1) is 28.9. The van der Waals surface area contributed by atoms with Gasteiger partial charge in [-0.2, -0.15) is 0 Å². The second-order valence-electron chi connectivity index (χ2n) is 15.7. The summed E-state index contributed by atoms with van der Waals surface area (Å²) in [5, 5.41) is 14.3. The SMILES string of the molecule is Cc1nccc(-c2ccc(CCNC(=O)C3Cc4cc5c(cc4CN3C(=O)NC3(C)CCC3)OC(c3ccc(OCc4ccc(Cl)c(Cl)c4)cc3)CO5)cc2)c1C.O=CO. The van der Waals surface area contributed by atoms with E-state index in [-0.39, 0.29) is 36.6 Å². The van der Waals surface area contributed by atoms with Gasteiger partial charge in [0.05, 0.1) is 10.0 Å². The summed E-state index contributed by atoms with van der Waals surface area (Å²) in [5.41, 5.74) is 9.12. The van der Waals surface area contributed by atoms with E-state index in [4.69, 9.17) is 47.3 Å². The molecule has 0 saturated heterocycles. The zero-order chi connectivity index (χ0) is 42.4. The number of carbonyl (C=O) groups is 3. The van der Waals surface area contributed by atoms with Crippen LogP contribution < -0.4 is 24.8 Å². The molecule has 312 valence electrons. The van der Waals surface area contributed by atoms with E-state index in [9.17, 15) is 9.59 Å². The minimum Gasteiger partial charge on any atom is -0.489 e. The molecule has 2 aliphatic heterocycles. The molecule has 8 rings (SSSR count). The topological polar surface area (TPSA) is 139 Å². The number of halogens is 2. The maximum atomic E-state index is 13.9. The molecule has 5 aromatic rings. The van der Waals surface area contributed by atoms with Gasteiger partial charge in [-0.05, 0) is 133 Å². The van der Waals surface area contributed by atoms with Gasteiger partial charge in [0.1, 0.15) is 25.0 Å². The summed E-state index contributed by atoms with van der Waals surface area (Å²) in [6.45, 7) is 7.34. The fraction of sp³-hybridized carbons (Fsp3) is 0.319. The molecule has 1 fully saturated rings. The molecule has 2 unspecified atom stereocenters. The maximum Gasteiger partial charge on any atom is 0.318 e. The predicted molar refractivity (Wildman–Crippen MR) is 231 cm³/mol. The highest BCUT2D eigenvalue weighted by Gasteiger charge is 2.40. The second-order valence-corrected chi connectivity index (χ2v) is 16.5. The number of amides is 3. The minimum absolute atomic E-state index is 0.173. The molecule has 0 bridgehead atoms. The number of hydrogen-bond donors (Lipinski definition) is 3. The van der Waals surface area contributed by atoms with Gasteiger partial charge in [0.2, 0.25) is 5.91 Å². The van der Waals surface area contributed by atoms with E-state index in [1.807, 2.05) is 61.7 Å². The monoisotopic (exact) mass is 850 g/mol. The molecule has 1 aliphatic carbocycles. The summed E-state index contributed by atoms with van der Waals surface area (Å²) >= 11 is 12.2. The first-order valence-corrected chi connectivity index (χ1v) is 20.8. The maximum absolute atomic E-state index is 13.9. The highest BCUT2D eigenvalue weighted by atomic mass is 35.5. The summed E-state index contributed by atoms with van der Waals surface area (Å²) < 4.78 is 18.7. The molecule has 3 N–H and O–H groups in total. The number of urea groups is 1. The lowest BCUT2D eigenvalue weighted by atomic mass is 9.78.